The largest absolute Gasteiger partial charge is 0.483 e. The normalized spacial score (nSPS) is 49.0. The molecule has 9 heterocycles. The summed E-state index contributed by atoms with van der Waals surface area (Å²) in [4.78, 5) is 30.0. The molecular weight excluding hydrogens is 1920 g/mol. The van der Waals surface area contributed by atoms with E-state index in [9.17, 15) is 117 Å². The van der Waals surface area contributed by atoms with Crippen molar-refractivity contribution < 1.29 is 217 Å². The fraction of sp³-hybridized carbons (Fsp3) is 0.861. The first kappa shape index (κ1) is 116. The third-order valence-electron chi connectivity index (χ3n) is 34.7. The van der Waals surface area contributed by atoms with Gasteiger partial charge in [-0.1, -0.05) is 97.9 Å². The lowest BCUT2D eigenvalue weighted by Gasteiger charge is -2.71. The van der Waals surface area contributed by atoms with E-state index < -0.39 is 359 Å². The van der Waals surface area contributed by atoms with E-state index in [1.807, 2.05) is 0 Å². The molecular formula is C101H160O44. The van der Waals surface area contributed by atoms with Crippen LogP contribution in [0.15, 0.2) is 72.6 Å². The lowest BCUT2D eigenvalue weighted by atomic mass is 9.33. The highest BCUT2D eigenvalue weighted by atomic mass is 16.8. The first-order valence-corrected chi connectivity index (χ1v) is 50.9. The first-order valence-electron chi connectivity index (χ1n) is 50.9. The van der Waals surface area contributed by atoms with Gasteiger partial charge in [0.25, 0.3) is 0 Å². The molecule has 0 bridgehead atoms. The van der Waals surface area contributed by atoms with E-state index in [0.717, 1.165) is 5.57 Å². The van der Waals surface area contributed by atoms with Gasteiger partial charge in [0.2, 0.25) is 6.29 Å². The van der Waals surface area contributed by atoms with Crippen molar-refractivity contribution >= 4 is 11.9 Å². The fourth-order valence-corrected chi connectivity index (χ4v) is 24.9. The van der Waals surface area contributed by atoms with Crippen molar-refractivity contribution in [3.8, 4) is 0 Å². The molecule has 13 fully saturated rings. The van der Waals surface area contributed by atoms with Crippen LogP contribution >= 0.6 is 0 Å². The van der Waals surface area contributed by atoms with Crippen LogP contribution in [0.1, 0.15) is 180 Å². The topological polar surface area (TPSA) is 664 Å². The van der Waals surface area contributed by atoms with Gasteiger partial charge >= 0.3 is 11.9 Å². The van der Waals surface area contributed by atoms with Crippen LogP contribution in [0.25, 0.3) is 0 Å². The summed E-state index contributed by atoms with van der Waals surface area (Å²) in [5.74, 6) is -3.72. The molecule has 14 rings (SSSR count). The van der Waals surface area contributed by atoms with Crippen molar-refractivity contribution in [3.05, 3.63) is 72.6 Å². The Kier molecular flexibility index (Phi) is 36.8. The maximum atomic E-state index is 16.6. The molecule has 0 spiro atoms. The number of fused-ring (bicyclic) bond motifs is 7. The number of rotatable bonds is 33. The van der Waals surface area contributed by atoms with Gasteiger partial charge in [0, 0.05) is 11.5 Å². The highest BCUT2D eigenvalue weighted by molar-refractivity contribution is 5.88. The minimum Gasteiger partial charge on any atom is -0.483 e. The number of esters is 2. The Bertz CT molecular complexity index is 4460. The van der Waals surface area contributed by atoms with E-state index in [-0.39, 0.29) is 68.3 Å². The molecule has 0 unspecified atom stereocenters. The second kappa shape index (κ2) is 46.0. The van der Waals surface area contributed by atoms with Gasteiger partial charge in [-0.15, -0.1) is 13.2 Å². The zero-order chi connectivity index (χ0) is 106. The van der Waals surface area contributed by atoms with Crippen molar-refractivity contribution in [1.82, 2.24) is 0 Å². The van der Waals surface area contributed by atoms with Gasteiger partial charge in [-0.2, -0.15) is 0 Å². The zero-order valence-electron chi connectivity index (χ0n) is 85.0. The van der Waals surface area contributed by atoms with Gasteiger partial charge in [-0.05, 0) is 175 Å². The van der Waals surface area contributed by atoms with Crippen molar-refractivity contribution in [3.63, 3.8) is 0 Å². The Morgan fingerprint density at radius 3 is 1.57 bits per heavy atom. The van der Waals surface area contributed by atoms with E-state index in [2.05, 4.69) is 74.3 Å². The van der Waals surface area contributed by atoms with Gasteiger partial charge in [0.05, 0.1) is 88.0 Å². The van der Waals surface area contributed by atoms with Crippen LogP contribution in [0.2, 0.25) is 0 Å². The highest BCUT2D eigenvalue weighted by Gasteiger charge is 2.73. The third kappa shape index (κ3) is 23.3. The van der Waals surface area contributed by atoms with Gasteiger partial charge in [-0.25, -0.2) is 4.79 Å². The summed E-state index contributed by atoms with van der Waals surface area (Å²) < 4.78 is 123. The van der Waals surface area contributed by atoms with Crippen molar-refractivity contribution in [2.75, 3.05) is 46.2 Å². The first-order chi connectivity index (χ1) is 67.9. The lowest BCUT2D eigenvalue weighted by Crippen LogP contribution is -2.68. The predicted octanol–water partition coefficient (Wildman–Crippen LogP) is -2.00. The molecule has 0 aromatic carbocycles. The van der Waals surface area contributed by atoms with Gasteiger partial charge in [0.15, 0.2) is 68.6 Å². The average Bonchev–Trinajstić information content (AvgIpc) is 0.668. The third-order valence-corrected chi connectivity index (χ3v) is 34.7. The molecule has 9 saturated heterocycles. The summed E-state index contributed by atoms with van der Waals surface area (Å²) >= 11 is 0. The smallest absolute Gasteiger partial charge is 0.333 e. The van der Waals surface area contributed by atoms with Crippen LogP contribution in [-0.2, 0) is 104 Å². The molecule has 44 nitrogen and oxygen atoms in total. The van der Waals surface area contributed by atoms with Crippen LogP contribution in [0.4, 0.5) is 0 Å². The number of aliphatic hydroxyl groups excluding tert-OH is 21. The predicted molar refractivity (Wildman–Crippen MR) is 497 cm³/mol. The van der Waals surface area contributed by atoms with Crippen LogP contribution < -0.4 is 0 Å². The summed E-state index contributed by atoms with van der Waals surface area (Å²) in [6.45, 7) is 34.2. The molecule has 145 heavy (non-hydrogen) atoms. The van der Waals surface area contributed by atoms with Crippen LogP contribution in [0, 0.1) is 56.2 Å². The van der Waals surface area contributed by atoms with Crippen LogP contribution in [-0.4, -0.2) is 434 Å². The number of hydrogen-bond acceptors (Lipinski definition) is 44. The Balaban J connectivity index is 0.688. The molecule has 0 radical (unpaired) electrons. The van der Waals surface area contributed by atoms with Crippen LogP contribution in [0.3, 0.4) is 0 Å². The Morgan fingerprint density at radius 2 is 0.945 bits per heavy atom. The van der Waals surface area contributed by atoms with Gasteiger partial charge in [-0.3, -0.25) is 4.79 Å². The fourth-order valence-electron chi connectivity index (χ4n) is 24.9. The molecule has 0 aromatic heterocycles. The number of aliphatic hydroxyl groups is 22. The SMILES string of the molecule is C=C[C@](C)(O)CC/C=C(\C)C(=O)O[C@H]1[C@H](O[C@@](C)(C=C)CC/C=C(\C)C(=C)O[C@H]2[C@H](OC[C@H]3O[C@@H](OC(=O)[C@]45CCC(C)(C)C[C@H]4C4=CC[C@@H]6[C@@]7(C)CC[C@H](O[C@@H]8O[C@H](CO[C@@H]9OC[C@H](O)[C@H](O)[C@H]9O[C@@H]9OC[C@@H](O)[C@H](O)[C@H]9O)[C@@H](O)[C@H](O)[C@H]8O)C(C)(C)[C@@H]7CC[C@@]6(C)[C@]4(C)C[C@H]5O)[C@H](O[C@@H]4O[C@@H](C)[C@H](O[C@@H]5OC[C@@H](O)[C@H](O[C@@H]6OC[C@@H](O)[C@H](O)[C@H]6O)[C@H]5O)[C@@H](C)[C@H]4O)[C@@H](O)[C@@H]3O)O[C@@H](C)[C@H](O)[C@H]2O)OC[C@H](O)[C@@H]1O. The zero-order valence-corrected chi connectivity index (χ0v) is 85.0. The summed E-state index contributed by atoms with van der Waals surface area (Å²) in [5.41, 5.74) is -5.62. The molecule has 14 aliphatic rings. The monoisotopic (exact) mass is 2080 g/mol. The quantitative estimate of drug-likeness (QED) is 0.00844. The maximum absolute atomic E-state index is 16.6. The standard InChI is InChI=1S/C101H160O44/c1-18-96(13,125)28-20-23-44(4)83(123)139-80-67(113)54(105)39-130-91(80)145-97(14,19-2)29-21-22-43(3)46(6)133-81-71(117)63(109)47(7)134-90(81)132-42-57-69(115)72(118)82(143-87-62(108)45(5)77(48(8)135-87)140-86-76(122)78(55(106)40-128-86)141-84-73(119)64(110)51(102)36-126-84)92(137-57)144-93(124)101-33-32-94(9,10)34-50(101)49-24-25-59-98(15)30-27-61(95(11,12)58(98)26-31-99(59,16)100(49,17)35-60(101)107)138-88-75(121)70(116)68(114)56(136-88)41-131-89-79(66(112)53(104)38-129-89)142-85-74(120)65(111)52(103)37-127-85/h18-19,22-24,45,47-48,50-82,84-92,102-122,125H,1-2,6,20-21,25-42H2,3-5,7-17H3/b43-22+,44-23+/t45-,47-,48-,50-,51+,52+,53-,54-,55+,56+,57+,58-,59+,60+,61-,62+,63-,64-,65-,66-,67-,68+,69+,70-,71+,72-,73+,74+,75+,76+,77+,78-,79+,80+,81+,82+,84-,85-,86-,87-,88-,89-,90+,91-,92-,96-,97-,98-,99+,100+,101+/m0/s1. The molecule has 22 N–H and O–H groups in total. The van der Waals surface area contributed by atoms with E-state index in [4.69, 9.17) is 94.7 Å². The summed E-state index contributed by atoms with van der Waals surface area (Å²) in [7, 11) is 0. The lowest BCUT2D eigenvalue weighted by molar-refractivity contribution is -0.377. The number of allylic oxidation sites excluding steroid dienone is 5. The van der Waals surface area contributed by atoms with E-state index >= 15 is 4.79 Å². The molecule has 44 heteroatoms. The summed E-state index contributed by atoms with van der Waals surface area (Å²) in [6.07, 6.45) is -52.7. The minimum absolute atomic E-state index is 0.0462. The maximum Gasteiger partial charge on any atom is 0.333 e. The molecule has 0 amide bonds. The summed E-state index contributed by atoms with van der Waals surface area (Å²) in [5, 5.41) is 248. The highest BCUT2D eigenvalue weighted by Crippen LogP contribution is 2.76. The van der Waals surface area contributed by atoms with E-state index in [1.165, 1.54) is 32.9 Å². The summed E-state index contributed by atoms with van der Waals surface area (Å²) in [6, 6.07) is 0. The van der Waals surface area contributed by atoms with Gasteiger partial charge in [0.1, 0.15) is 158 Å². The molecule has 0 aromatic rings. The van der Waals surface area contributed by atoms with Gasteiger partial charge < -0.3 is 207 Å². The molecule has 5 aliphatic carbocycles. The minimum atomic E-state index is -2.13. The van der Waals surface area contributed by atoms with Crippen LogP contribution in [0.5, 0.6) is 0 Å². The Labute approximate surface area is 843 Å². The van der Waals surface area contributed by atoms with E-state index in [1.54, 1.807) is 39.8 Å². The number of carbonyl (C=O) groups is 2. The average molecular weight is 2080 g/mol. The van der Waals surface area contributed by atoms with Crippen molar-refractivity contribution in [1.29, 1.82) is 0 Å². The molecule has 51 atom stereocenters. The van der Waals surface area contributed by atoms with E-state index in [0.29, 0.717) is 50.5 Å². The second-order valence-corrected chi connectivity index (χ2v) is 45.4. The number of carbonyl (C=O) groups excluding carboxylic acids is 2. The Hall–Kier alpha value is -4.38. The number of ether oxygens (including phenoxy) is 20. The number of hydrogen-bond donors (Lipinski definition) is 22. The molecule has 828 valence electrons. The van der Waals surface area contributed by atoms with Crippen molar-refractivity contribution in [2.24, 2.45) is 56.2 Å². The molecule has 4 saturated carbocycles. The molecule has 9 aliphatic heterocycles. The Morgan fingerprint density at radius 1 is 0.448 bits per heavy atom. The second-order valence-electron chi connectivity index (χ2n) is 45.4. The van der Waals surface area contributed by atoms with Crippen molar-refractivity contribution in [2.45, 2.75) is 444 Å².